The van der Waals surface area contributed by atoms with E-state index in [1.807, 2.05) is 0 Å². The second-order valence-electron chi connectivity index (χ2n) is 5.48. The molecule has 2 N–H and O–H groups in total. The lowest BCUT2D eigenvalue weighted by molar-refractivity contribution is 0.112. The molecule has 0 aliphatic rings. The number of nitrogens with one attached hydrogen (secondary N) is 1. The highest BCUT2D eigenvalue weighted by atomic mass is 32.2. The van der Waals surface area contributed by atoms with Crippen LogP contribution in [0.25, 0.3) is 0 Å². The highest BCUT2D eigenvalue weighted by Crippen LogP contribution is 2.24. The molecule has 0 spiro atoms. The summed E-state index contributed by atoms with van der Waals surface area (Å²) in [4.78, 5) is 0. The number of rotatable bonds is 9. The first-order chi connectivity index (χ1) is 9.81. The molecule has 0 bridgehead atoms. The molecule has 0 unspecified atom stereocenters. The van der Waals surface area contributed by atoms with E-state index in [1.165, 1.54) is 20.2 Å². The Bertz CT molecular complexity index is 525. The number of hydrogen-bond donors (Lipinski definition) is 2. The maximum absolute atomic E-state index is 11.9. The maximum Gasteiger partial charge on any atom is 0.275 e. The number of furan rings is 1. The molecule has 1 aromatic heterocycles. The van der Waals surface area contributed by atoms with E-state index in [9.17, 15) is 13.5 Å². The Morgan fingerprint density at radius 1 is 1.29 bits per heavy atom. The molecule has 0 amide bonds. The molecule has 122 valence electrons. The Morgan fingerprint density at radius 2 is 1.90 bits per heavy atom. The van der Waals surface area contributed by atoms with E-state index in [0.717, 1.165) is 17.1 Å². The second-order valence-corrected chi connectivity index (χ2v) is 7.56. The summed E-state index contributed by atoms with van der Waals surface area (Å²) in [6.07, 6.45) is 1.76. The van der Waals surface area contributed by atoms with Gasteiger partial charge in [0.2, 0.25) is 5.09 Å². The van der Waals surface area contributed by atoms with Crippen LogP contribution in [0.2, 0.25) is 0 Å². The molecular formula is C14H26N2O4S. The Hall–Kier alpha value is -0.890. The molecule has 0 radical (unpaired) electrons. The van der Waals surface area contributed by atoms with Crippen LogP contribution >= 0.6 is 0 Å². The van der Waals surface area contributed by atoms with Crippen LogP contribution in [-0.2, 0) is 16.6 Å². The van der Waals surface area contributed by atoms with Gasteiger partial charge < -0.3 is 14.8 Å². The summed E-state index contributed by atoms with van der Waals surface area (Å²) in [6.45, 7) is 5.33. The molecule has 0 aliphatic carbocycles. The molecule has 0 aliphatic heterocycles. The summed E-state index contributed by atoms with van der Waals surface area (Å²) < 4.78 is 30.3. The molecule has 7 heteroatoms. The summed E-state index contributed by atoms with van der Waals surface area (Å²) in [5.74, 6) is 0.564. The maximum atomic E-state index is 11.9. The SMILES string of the molecule is CCC(CC)(CO)CNCc1ccc(S(=O)(=O)N(C)C)o1. The van der Waals surface area contributed by atoms with Crippen molar-refractivity contribution < 1.29 is 17.9 Å². The van der Waals surface area contributed by atoms with Crippen molar-refractivity contribution in [1.82, 2.24) is 9.62 Å². The van der Waals surface area contributed by atoms with Crippen LogP contribution in [0.15, 0.2) is 21.6 Å². The zero-order chi connectivity index (χ0) is 16.1. The van der Waals surface area contributed by atoms with Gasteiger partial charge in [-0.2, -0.15) is 0 Å². The number of nitrogens with zero attached hydrogens (tertiary/aromatic N) is 1. The second kappa shape index (κ2) is 7.40. The molecule has 1 aromatic rings. The van der Waals surface area contributed by atoms with Crippen molar-refractivity contribution in [1.29, 1.82) is 0 Å². The van der Waals surface area contributed by atoms with Crippen molar-refractivity contribution in [2.24, 2.45) is 5.41 Å². The molecule has 0 atom stereocenters. The van der Waals surface area contributed by atoms with Gasteiger partial charge in [0.15, 0.2) is 0 Å². The zero-order valence-corrected chi connectivity index (χ0v) is 14.0. The van der Waals surface area contributed by atoms with Crippen LogP contribution in [0.4, 0.5) is 0 Å². The topological polar surface area (TPSA) is 82.8 Å². The number of sulfonamides is 1. The highest BCUT2D eigenvalue weighted by Gasteiger charge is 2.25. The Balaban J connectivity index is 2.65. The summed E-state index contributed by atoms with van der Waals surface area (Å²) >= 11 is 0. The fourth-order valence-corrected chi connectivity index (χ4v) is 2.81. The minimum absolute atomic E-state index is 0.0521. The fourth-order valence-electron chi connectivity index (χ4n) is 2.00. The molecule has 0 saturated heterocycles. The predicted molar refractivity (Wildman–Crippen MR) is 81.4 cm³/mol. The van der Waals surface area contributed by atoms with E-state index < -0.39 is 10.0 Å². The van der Waals surface area contributed by atoms with Gasteiger partial charge in [-0.3, -0.25) is 0 Å². The molecule has 0 fully saturated rings. The van der Waals surface area contributed by atoms with Crippen LogP contribution < -0.4 is 5.32 Å². The third-order valence-corrected chi connectivity index (χ3v) is 5.70. The first-order valence-corrected chi connectivity index (χ1v) is 8.58. The third-order valence-electron chi connectivity index (χ3n) is 4.01. The van der Waals surface area contributed by atoms with Crippen molar-refractivity contribution in [2.75, 3.05) is 27.2 Å². The van der Waals surface area contributed by atoms with Gasteiger partial charge in [0, 0.05) is 32.7 Å². The van der Waals surface area contributed by atoms with Gasteiger partial charge in [0.05, 0.1) is 6.54 Å². The number of hydrogen-bond acceptors (Lipinski definition) is 5. The minimum atomic E-state index is -3.52. The van der Waals surface area contributed by atoms with E-state index >= 15 is 0 Å². The Morgan fingerprint density at radius 3 is 2.38 bits per heavy atom. The zero-order valence-electron chi connectivity index (χ0n) is 13.2. The normalized spacial score (nSPS) is 13.0. The molecule has 0 aromatic carbocycles. The van der Waals surface area contributed by atoms with Gasteiger partial charge in [-0.05, 0) is 25.0 Å². The fraction of sp³-hybridized carbons (Fsp3) is 0.714. The molecule has 0 saturated carbocycles. The van der Waals surface area contributed by atoms with E-state index in [-0.39, 0.29) is 17.1 Å². The summed E-state index contributed by atoms with van der Waals surface area (Å²) in [5, 5.41) is 12.7. The van der Waals surface area contributed by atoms with E-state index in [0.29, 0.717) is 18.8 Å². The standard InChI is InChI=1S/C14H26N2O4S/c1-5-14(6-2,11-17)10-15-9-12-7-8-13(20-12)21(18,19)16(3)4/h7-8,15,17H,5-6,9-11H2,1-4H3. The first-order valence-electron chi connectivity index (χ1n) is 7.14. The number of aliphatic hydroxyl groups excluding tert-OH is 1. The minimum Gasteiger partial charge on any atom is -0.447 e. The summed E-state index contributed by atoms with van der Waals surface area (Å²) in [7, 11) is -0.592. The molecule has 1 heterocycles. The van der Waals surface area contributed by atoms with Crippen molar-refractivity contribution in [3.63, 3.8) is 0 Å². The van der Waals surface area contributed by atoms with Crippen molar-refractivity contribution in [3.8, 4) is 0 Å². The van der Waals surface area contributed by atoms with Crippen LogP contribution in [0.1, 0.15) is 32.4 Å². The van der Waals surface area contributed by atoms with E-state index in [4.69, 9.17) is 4.42 Å². The van der Waals surface area contributed by atoms with Crippen LogP contribution in [0.5, 0.6) is 0 Å². The molecule has 1 rings (SSSR count). The average molecular weight is 318 g/mol. The lowest BCUT2D eigenvalue weighted by Crippen LogP contribution is -2.36. The van der Waals surface area contributed by atoms with Crippen molar-refractivity contribution in [3.05, 3.63) is 17.9 Å². The smallest absolute Gasteiger partial charge is 0.275 e. The quantitative estimate of drug-likeness (QED) is 0.719. The number of aliphatic hydroxyl groups is 1. The van der Waals surface area contributed by atoms with Crippen molar-refractivity contribution in [2.45, 2.75) is 38.3 Å². The van der Waals surface area contributed by atoms with Gasteiger partial charge in [-0.15, -0.1) is 0 Å². The largest absolute Gasteiger partial charge is 0.447 e. The van der Waals surface area contributed by atoms with Gasteiger partial charge in [-0.1, -0.05) is 13.8 Å². The lowest BCUT2D eigenvalue weighted by atomic mass is 9.83. The van der Waals surface area contributed by atoms with Gasteiger partial charge >= 0.3 is 0 Å². The van der Waals surface area contributed by atoms with Crippen molar-refractivity contribution >= 4 is 10.0 Å². The van der Waals surface area contributed by atoms with Gasteiger partial charge in [-0.25, -0.2) is 12.7 Å². The van der Waals surface area contributed by atoms with Crippen LogP contribution in [0, 0.1) is 5.41 Å². The Kier molecular flexibility index (Phi) is 6.40. The van der Waals surface area contributed by atoms with E-state index in [2.05, 4.69) is 19.2 Å². The van der Waals surface area contributed by atoms with Crippen LogP contribution in [-0.4, -0.2) is 45.1 Å². The predicted octanol–water partition coefficient (Wildman–Crippen LogP) is 1.42. The highest BCUT2D eigenvalue weighted by molar-refractivity contribution is 7.88. The summed E-state index contributed by atoms with van der Waals surface area (Å²) in [5.41, 5.74) is -0.134. The average Bonchev–Trinajstić information content (AvgIpc) is 2.93. The lowest BCUT2D eigenvalue weighted by Gasteiger charge is -2.29. The molecule has 21 heavy (non-hydrogen) atoms. The molecular weight excluding hydrogens is 292 g/mol. The van der Waals surface area contributed by atoms with Gasteiger partial charge in [0.1, 0.15) is 5.76 Å². The first kappa shape index (κ1) is 18.2. The van der Waals surface area contributed by atoms with Gasteiger partial charge in [0.25, 0.3) is 10.0 Å². The Labute approximate surface area is 127 Å². The summed E-state index contributed by atoms with van der Waals surface area (Å²) in [6, 6.07) is 3.12. The monoisotopic (exact) mass is 318 g/mol. The third kappa shape index (κ3) is 4.29. The van der Waals surface area contributed by atoms with E-state index in [1.54, 1.807) is 6.07 Å². The molecule has 6 nitrogen and oxygen atoms in total. The van der Waals surface area contributed by atoms with Crippen LogP contribution in [0.3, 0.4) is 0 Å².